The van der Waals surface area contributed by atoms with Crippen LogP contribution in [0.15, 0.2) is 30.3 Å². The summed E-state index contributed by atoms with van der Waals surface area (Å²) >= 11 is 9.13. The number of hydrogen-bond acceptors (Lipinski definition) is 6. The van der Waals surface area contributed by atoms with Crippen molar-refractivity contribution in [3.8, 4) is 0 Å². The third kappa shape index (κ3) is 6.95. The van der Waals surface area contributed by atoms with E-state index in [0.717, 1.165) is 0 Å². The molecule has 0 aliphatic heterocycles. The molecule has 1 amide bonds. The second kappa shape index (κ2) is 9.85. The number of halogens is 2. The van der Waals surface area contributed by atoms with Gasteiger partial charge in [-0.1, -0.05) is 43.6 Å². The molecule has 0 bridgehead atoms. The van der Waals surface area contributed by atoms with E-state index in [1.165, 1.54) is 21.0 Å². The van der Waals surface area contributed by atoms with Crippen molar-refractivity contribution < 1.29 is 28.7 Å². The molecule has 1 aromatic rings. The number of Topliss-reactive ketones (excluding diaryl/α,β-unsaturated/α-hetero) is 1. The fraction of sp³-hybridized carbons (Fsp3) is 0.444. The van der Waals surface area contributed by atoms with Gasteiger partial charge in [0.05, 0.1) is 20.0 Å². The van der Waals surface area contributed by atoms with Crippen LogP contribution in [0.25, 0.3) is 0 Å². The first-order chi connectivity index (χ1) is 12.5. The highest BCUT2D eigenvalue weighted by Gasteiger charge is 2.49. The van der Waals surface area contributed by atoms with Gasteiger partial charge >= 0.3 is 11.9 Å². The largest absolute Gasteiger partial charge is 0.469 e. The van der Waals surface area contributed by atoms with Gasteiger partial charge in [-0.15, -0.1) is 0 Å². The summed E-state index contributed by atoms with van der Waals surface area (Å²) in [5.41, 5.74) is -0.818. The number of ketones is 1. The Balaban J connectivity index is 2.71. The first-order valence-corrected chi connectivity index (χ1v) is 9.19. The van der Waals surface area contributed by atoms with Gasteiger partial charge in [0, 0.05) is 11.1 Å². The zero-order valence-electron chi connectivity index (χ0n) is 15.2. The predicted molar refractivity (Wildman–Crippen MR) is 104 cm³/mol. The van der Waals surface area contributed by atoms with Crippen LogP contribution in [-0.2, 0) is 28.7 Å². The maximum atomic E-state index is 12.8. The Labute approximate surface area is 170 Å². The Kier molecular flexibility index (Phi) is 8.43. The topological polar surface area (TPSA) is 98.8 Å². The van der Waals surface area contributed by atoms with Crippen LogP contribution >= 0.6 is 27.5 Å². The van der Waals surface area contributed by atoms with Crippen molar-refractivity contribution in [2.75, 3.05) is 19.0 Å². The molecule has 0 spiro atoms. The molecular weight excluding hydrogens is 442 g/mol. The smallest absolute Gasteiger partial charge is 0.308 e. The monoisotopic (exact) mass is 461 g/mol. The summed E-state index contributed by atoms with van der Waals surface area (Å²) in [4.78, 5) is 48.1. The number of ether oxygens (including phenoxy) is 2. The van der Waals surface area contributed by atoms with E-state index in [4.69, 9.17) is 16.3 Å². The Morgan fingerprint density at radius 2 is 1.70 bits per heavy atom. The quantitative estimate of drug-likeness (QED) is 0.344. The normalized spacial score (nSPS) is 13.2. The number of carbonyl (C=O) groups is 4. The van der Waals surface area contributed by atoms with Gasteiger partial charge in [-0.3, -0.25) is 19.2 Å². The van der Waals surface area contributed by atoms with Crippen molar-refractivity contribution in [2.45, 2.75) is 30.5 Å². The molecule has 0 aliphatic carbocycles. The average molecular weight is 463 g/mol. The Hall–Kier alpha value is -1.93. The molecule has 148 valence electrons. The van der Waals surface area contributed by atoms with E-state index < -0.39 is 32.8 Å². The van der Waals surface area contributed by atoms with Gasteiger partial charge in [-0.2, -0.15) is 0 Å². The number of anilines is 1. The van der Waals surface area contributed by atoms with E-state index in [-0.39, 0.29) is 19.4 Å². The van der Waals surface area contributed by atoms with Gasteiger partial charge in [-0.25, -0.2) is 0 Å². The number of rotatable bonds is 9. The number of benzene rings is 1. The third-order valence-corrected chi connectivity index (χ3v) is 4.66. The lowest BCUT2D eigenvalue weighted by atomic mass is 9.82. The zero-order chi connectivity index (χ0) is 20.7. The molecule has 1 unspecified atom stereocenters. The SMILES string of the molecule is COC(=O)CCOC(=O)CC(C)(C)C(=O)C(Cl)(Br)C(=O)Nc1ccccc1. The van der Waals surface area contributed by atoms with E-state index >= 15 is 0 Å². The molecular formula is C18H21BrClNO6. The second-order valence-electron chi connectivity index (χ2n) is 6.33. The number of alkyl halides is 2. The Morgan fingerprint density at radius 3 is 2.26 bits per heavy atom. The molecule has 0 aromatic heterocycles. The minimum atomic E-state index is -2.06. The molecule has 7 nitrogen and oxygen atoms in total. The summed E-state index contributed by atoms with van der Waals surface area (Å²) in [7, 11) is 1.22. The number of esters is 2. The molecule has 0 radical (unpaired) electrons. The lowest BCUT2D eigenvalue weighted by Gasteiger charge is -2.28. The highest BCUT2D eigenvalue weighted by molar-refractivity contribution is 9.11. The summed E-state index contributed by atoms with van der Waals surface area (Å²) in [6, 6.07) is 8.50. The first kappa shape index (κ1) is 23.1. The molecule has 0 saturated carbocycles. The first-order valence-electron chi connectivity index (χ1n) is 8.02. The molecule has 0 saturated heterocycles. The molecule has 27 heavy (non-hydrogen) atoms. The molecule has 1 aromatic carbocycles. The van der Waals surface area contributed by atoms with Gasteiger partial charge < -0.3 is 14.8 Å². The summed E-state index contributed by atoms with van der Waals surface area (Å²) < 4.78 is 7.30. The van der Waals surface area contributed by atoms with Crippen LogP contribution in [0, 0.1) is 5.41 Å². The van der Waals surface area contributed by atoms with E-state index in [1.807, 2.05) is 0 Å². The number of nitrogens with one attached hydrogen (secondary N) is 1. The molecule has 1 rings (SSSR count). The van der Waals surface area contributed by atoms with Crippen LogP contribution in [0.1, 0.15) is 26.7 Å². The highest BCUT2D eigenvalue weighted by atomic mass is 79.9. The predicted octanol–water partition coefficient (Wildman–Crippen LogP) is 3.05. The van der Waals surface area contributed by atoms with Crippen molar-refractivity contribution in [3.05, 3.63) is 30.3 Å². The van der Waals surface area contributed by atoms with Crippen molar-refractivity contribution in [1.29, 1.82) is 0 Å². The summed E-state index contributed by atoms with van der Waals surface area (Å²) in [6.45, 7) is 2.79. The molecule has 1 atom stereocenters. The van der Waals surface area contributed by atoms with Crippen molar-refractivity contribution in [1.82, 2.24) is 0 Å². The van der Waals surface area contributed by atoms with E-state index in [9.17, 15) is 19.2 Å². The minimum Gasteiger partial charge on any atom is -0.469 e. The lowest BCUT2D eigenvalue weighted by molar-refractivity contribution is -0.152. The van der Waals surface area contributed by atoms with Gasteiger partial charge in [0.15, 0.2) is 5.78 Å². The Bertz CT molecular complexity index is 705. The van der Waals surface area contributed by atoms with Crippen LogP contribution in [0.2, 0.25) is 0 Å². The molecule has 0 heterocycles. The van der Waals surface area contributed by atoms with Crippen LogP contribution in [0.5, 0.6) is 0 Å². The van der Waals surface area contributed by atoms with Crippen LogP contribution < -0.4 is 5.32 Å². The van der Waals surface area contributed by atoms with Crippen LogP contribution in [0.4, 0.5) is 5.69 Å². The fourth-order valence-electron chi connectivity index (χ4n) is 2.10. The number of para-hydroxylation sites is 1. The number of hydrogen-bond donors (Lipinski definition) is 1. The third-order valence-electron chi connectivity index (χ3n) is 3.60. The fourth-order valence-corrected chi connectivity index (χ4v) is 3.04. The summed E-state index contributed by atoms with van der Waals surface area (Å²) in [6.07, 6.45) is -0.403. The van der Waals surface area contributed by atoms with Gasteiger partial charge in [0.2, 0.25) is 3.78 Å². The molecule has 1 N–H and O–H groups in total. The van der Waals surface area contributed by atoms with Crippen molar-refractivity contribution >= 4 is 56.8 Å². The molecule has 0 aliphatic rings. The van der Waals surface area contributed by atoms with E-state index in [0.29, 0.717) is 5.69 Å². The average Bonchev–Trinajstić information content (AvgIpc) is 2.61. The van der Waals surface area contributed by atoms with Crippen molar-refractivity contribution in [2.24, 2.45) is 5.41 Å². The highest BCUT2D eigenvalue weighted by Crippen LogP contribution is 2.37. The maximum Gasteiger partial charge on any atom is 0.308 e. The summed E-state index contributed by atoms with van der Waals surface area (Å²) in [5.74, 6) is -2.68. The summed E-state index contributed by atoms with van der Waals surface area (Å²) in [5, 5.41) is 2.54. The maximum absolute atomic E-state index is 12.8. The second-order valence-corrected chi connectivity index (χ2v) is 8.54. The van der Waals surface area contributed by atoms with Gasteiger partial charge in [0.25, 0.3) is 5.91 Å². The van der Waals surface area contributed by atoms with Gasteiger partial charge in [-0.05, 0) is 28.1 Å². The molecule has 0 fully saturated rings. The van der Waals surface area contributed by atoms with Crippen LogP contribution in [0.3, 0.4) is 0 Å². The lowest BCUT2D eigenvalue weighted by Crippen LogP contribution is -2.47. The standard InChI is InChI=1S/C18H21BrClNO6/c1-17(2,11-14(23)27-10-9-13(22)26-3)15(24)18(19,20)16(25)21-12-7-5-4-6-8-12/h4-8H,9-11H2,1-3H3,(H,21,25). The number of carbonyl (C=O) groups excluding carboxylic acids is 4. The van der Waals surface area contributed by atoms with E-state index in [1.54, 1.807) is 30.3 Å². The Morgan fingerprint density at radius 1 is 1.11 bits per heavy atom. The number of amides is 1. The van der Waals surface area contributed by atoms with Crippen LogP contribution in [-0.4, -0.2) is 41.1 Å². The van der Waals surface area contributed by atoms with Gasteiger partial charge in [0.1, 0.15) is 6.61 Å². The zero-order valence-corrected chi connectivity index (χ0v) is 17.6. The number of methoxy groups -OCH3 is 1. The van der Waals surface area contributed by atoms with E-state index in [2.05, 4.69) is 26.0 Å². The minimum absolute atomic E-state index is 0.0893. The molecule has 9 heteroatoms. The van der Waals surface area contributed by atoms with Crippen molar-refractivity contribution in [3.63, 3.8) is 0 Å².